The molecule has 2 heteroatoms. The molecular weight excluding hydrogens is 232 g/mol. The number of hydrogen-bond acceptors (Lipinski definition) is 2. The molecule has 0 bridgehead atoms. The highest BCUT2D eigenvalue weighted by Gasteiger charge is 2.38. The molecule has 2 aliphatic rings. The zero-order valence-electron chi connectivity index (χ0n) is 13.5. The Kier molecular flexibility index (Phi) is 4.62. The minimum absolute atomic E-state index is 0.241. The van der Waals surface area contributed by atoms with E-state index in [0.29, 0.717) is 5.41 Å². The lowest BCUT2D eigenvalue weighted by atomic mass is 9.67. The van der Waals surface area contributed by atoms with Gasteiger partial charge in [0, 0.05) is 12.1 Å². The van der Waals surface area contributed by atoms with Crippen LogP contribution in [0.4, 0.5) is 0 Å². The fraction of sp³-hybridized carbons (Fsp3) is 1.00. The van der Waals surface area contributed by atoms with E-state index in [1.54, 1.807) is 0 Å². The highest BCUT2D eigenvalue weighted by Crippen LogP contribution is 2.41. The Bertz CT molecular complexity index is 280. The summed E-state index contributed by atoms with van der Waals surface area (Å²) in [5.74, 6) is 2.70. The molecule has 3 N–H and O–H groups in total. The van der Waals surface area contributed by atoms with E-state index < -0.39 is 0 Å². The zero-order valence-corrected chi connectivity index (χ0v) is 13.5. The van der Waals surface area contributed by atoms with Crippen LogP contribution < -0.4 is 11.1 Å². The average Bonchev–Trinajstić information content (AvgIpc) is 3.19. The highest BCUT2D eigenvalue weighted by molar-refractivity contribution is 4.96. The summed E-state index contributed by atoms with van der Waals surface area (Å²) in [6, 6.07) is 0. The Hall–Kier alpha value is -0.0800. The van der Waals surface area contributed by atoms with Crippen molar-refractivity contribution in [2.24, 2.45) is 28.9 Å². The lowest BCUT2D eigenvalue weighted by Gasteiger charge is -2.44. The third-order valence-electron chi connectivity index (χ3n) is 5.78. The van der Waals surface area contributed by atoms with Crippen molar-refractivity contribution < 1.29 is 0 Å². The van der Waals surface area contributed by atoms with Crippen molar-refractivity contribution in [1.82, 2.24) is 5.32 Å². The Morgan fingerprint density at radius 3 is 2.16 bits per heavy atom. The molecule has 0 saturated heterocycles. The molecule has 1 unspecified atom stereocenters. The van der Waals surface area contributed by atoms with Crippen molar-refractivity contribution in [2.45, 2.75) is 71.8 Å². The van der Waals surface area contributed by atoms with E-state index >= 15 is 0 Å². The predicted octanol–water partition coefficient (Wildman–Crippen LogP) is 3.56. The third kappa shape index (κ3) is 3.95. The van der Waals surface area contributed by atoms with Crippen LogP contribution in [-0.2, 0) is 0 Å². The third-order valence-corrected chi connectivity index (χ3v) is 5.78. The van der Waals surface area contributed by atoms with Gasteiger partial charge in [0.25, 0.3) is 0 Å². The molecule has 2 fully saturated rings. The Labute approximate surface area is 119 Å². The molecule has 0 aromatic rings. The molecule has 2 nitrogen and oxygen atoms in total. The minimum atomic E-state index is 0.241. The summed E-state index contributed by atoms with van der Waals surface area (Å²) in [6.07, 6.45) is 8.11. The van der Waals surface area contributed by atoms with Gasteiger partial charge >= 0.3 is 0 Å². The van der Waals surface area contributed by atoms with E-state index in [2.05, 4.69) is 33.0 Å². The molecule has 1 atom stereocenters. The molecular formula is C17H34N2. The van der Waals surface area contributed by atoms with Gasteiger partial charge in [-0.2, -0.15) is 0 Å². The summed E-state index contributed by atoms with van der Waals surface area (Å²) in [5.41, 5.74) is 6.81. The summed E-state index contributed by atoms with van der Waals surface area (Å²) < 4.78 is 0. The fourth-order valence-electron chi connectivity index (χ4n) is 3.70. The number of nitrogens with two attached hydrogens (primary N) is 1. The second-order valence-corrected chi connectivity index (χ2v) is 8.32. The van der Waals surface area contributed by atoms with Gasteiger partial charge in [0.15, 0.2) is 0 Å². The molecule has 0 amide bonds. The van der Waals surface area contributed by atoms with Crippen molar-refractivity contribution in [3.05, 3.63) is 0 Å². The van der Waals surface area contributed by atoms with Gasteiger partial charge in [-0.05, 0) is 68.2 Å². The highest BCUT2D eigenvalue weighted by atomic mass is 15.0. The van der Waals surface area contributed by atoms with Gasteiger partial charge in [-0.1, -0.05) is 27.7 Å². The average molecular weight is 266 g/mol. The molecule has 0 spiro atoms. The molecule has 112 valence electrons. The molecule has 2 aliphatic carbocycles. The van der Waals surface area contributed by atoms with E-state index in [4.69, 9.17) is 5.73 Å². The molecule has 0 radical (unpaired) electrons. The van der Waals surface area contributed by atoms with Crippen LogP contribution in [0, 0.1) is 23.2 Å². The predicted molar refractivity (Wildman–Crippen MR) is 83.1 cm³/mol. The summed E-state index contributed by atoms with van der Waals surface area (Å²) in [4.78, 5) is 0. The lowest BCUT2D eigenvalue weighted by molar-refractivity contribution is 0.114. The Morgan fingerprint density at radius 2 is 1.74 bits per heavy atom. The first-order chi connectivity index (χ1) is 8.86. The summed E-state index contributed by atoms with van der Waals surface area (Å²) in [6.45, 7) is 11.5. The molecule has 0 aromatic heterocycles. The van der Waals surface area contributed by atoms with Crippen LogP contribution in [0.15, 0.2) is 0 Å². The maximum Gasteiger partial charge on any atom is 0.0304 e. The smallest absolute Gasteiger partial charge is 0.0304 e. The number of rotatable bonds is 5. The number of nitrogens with one attached hydrogen (secondary N) is 1. The monoisotopic (exact) mass is 266 g/mol. The maximum absolute atomic E-state index is 6.11. The Morgan fingerprint density at radius 1 is 1.16 bits per heavy atom. The first-order valence-electron chi connectivity index (χ1n) is 8.31. The van der Waals surface area contributed by atoms with E-state index in [-0.39, 0.29) is 5.54 Å². The van der Waals surface area contributed by atoms with E-state index in [1.807, 2.05) is 0 Å². The molecule has 19 heavy (non-hydrogen) atoms. The van der Waals surface area contributed by atoms with E-state index in [1.165, 1.54) is 45.1 Å². The lowest BCUT2D eigenvalue weighted by Crippen LogP contribution is -2.55. The first kappa shape index (κ1) is 15.3. The summed E-state index contributed by atoms with van der Waals surface area (Å²) in [7, 11) is 0. The van der Waals surface area contributed by atoms with E-state index in [0.717, 1.165) is 24.3 Å². The van der Waals surface area contributed by atoms with Gasteiger partial charge in [-0.3, -0.25) is 0 Å². The van der Waals surface area contributed by atoms with Crippen LogP contribution >= 0.6 is 0 Å². The van der Waals surface area contributed by atoms with Crippen molar-refractivity contribution in [3.63, 3.8) is 0 Å². The minimum Gasteiger partial charge on any atom is -0.329 e. The van der Waals surface area contributed by atoms with Crippen LogP contribution in [0.3, 0.4) is 0 Å². The van der Waals surface area contributed by atoms with Crippen LogP contribution in [0.1, 0.15) is 66.2 Å². The first-order valence-corrected chi connectivity index (χ1v) is 8.31. The molecule has 2 saturated carbocycles. The van der Waals surface area contributed by atoms with Gasteiger partial charge in [-0.15, -0.1) is 0 Å². The maximum atomic E-state index is 6.11. The summed E-state index contributed by atoms with van der Waals surface area (Å²) >= 11 is 0. The van der Waals surface area contributed by atoms with Crippen LogP contribution in [0.5, 0.6) is 0 Å². The van der Waals surface area contributed by atoms with Crippen LogP contribution in [-0.4, -0.2) is 18.6 Å². The molecule has 0 aromatic carbocycles. The molecule has 0 aliphatic heterocycles. The molecule has 2 rings (SSSR count). The van der Waals surface area contributed by atoms with Crippen LogP contribution in [0.2, 0.25) is 0 Å². The number of hydrogen-bond donors (Lipinski definition) is 2. The second kappa shape index (κ2) is 5.73. The fourth-order valence-corrected chi connectivity index (χ4v) is 3.70. The van der Waals surface area contributed by atoms with Gasteiger partial charge in [0.2, 0.25) is 0 Å². The molecule has 0 heterocycles. The SMILES string of the molecule is CC(CNC1(CN)CCC(C(C)(C)C)CC1)C1CC1. The zero-order chi connectivity index (χ0) is 14.1. The van der Waals surface area contributed by atoms with Crippen molar-refractivity contribution in [2.75, 3.05) is 13.1 Å². The quantitative estimate of drug-likeness (QED) is 0.798. The van der Waals surface area contributed by atoms with E-state index in [9.17, 15) is 0 Å². The van der Waals surface area contributed by atoms with Crippen molar-refractivity contribution in [3.8, 4) is 0 Å². The second-order valence-electron chi connectivity index (χ2n) is 8.32. The topological polar surface area (TPSA) is 38.0 Å². The normalized spacial score (nSPS) is 34.3. The Balaban J connectivity index is 1.83. The van der Waals surface area contributed by atoms with Crippen molar-refractivity contribution in [1.29, 1.82) is 0 Å². The van der Waals surface area contributed by atoms with Gasteiger partial charge in [0.1, 0.15) is 0 Å². The van der Waals surface area contributed by atoms with Gasteiger partial charge < -0.3 is 11.1 Å². The van der Waals surface area contributed by atoms with Gasteiger partial charge in [0.05, 0.1) is 0 Å². The largest absolute Gasteiger partial charge is 0.329 e. The van der Waals surface area contributed by atoms with Crippen molar-refractivity contribution >= 4 is 0 Å². The standard InChI is InChI=1S/C17H34N2/c1-13(14-5-6-14)11-19-17(12-18)9-7-15(8-10-17)16(2,3)4/h13-15,19H,5-12,18H2,1-4H3. The van der Waals surface area contributed by atoms with Gasteiger partial charge in [-0.25, -0.2) is 0 Å². The summed E-state index contributed by atoms with van der Waals surface area (Å²) in [5, 5.41) is 3.85. The van der Waals surface area contributed by atoms with Crippen LogP contribution in [0.25, 0.3) is 0 Å².